The first kappa shape index (κ1) is 6.45. The number of fused-ring (bicyclic) bond motifs is 1. The van der Waals surface area contributed by atoms with Gasteiger partial charge in [0.05, 0.1) is 0 Å². The number of rotatable bonds is 0. The molecule has 0 aromatic heterocycles. The van der Waals surface area contributed by atoms with Crippen LogP contribution in [-0.2, 0) is 0 Å². The molecule has 0 amide bonds. The van der Waals surface area contributed by atoms with Crippen LogP contribution in [0.3, 0.4) is 0 Å². The van der Waals surface area contributed by atoms with Gasteiger partial charge in [-0.3, -0.25) is 0 Å². The molecule has 0 radical (unpaired) electrons. The van der Waals surface area contributed by atoms with Gasteiger partial charge in [-0.1, -0.05) is 18.6 Å². The fourth-order valence-corrected chi connectivity index (χ4v) is 2.50. The van der Waals surface area contributed by atoms with Gasteiger partial charge in [-0.2, -0.15) is 0 Å². The first-order valence-corrected chi connectivity index (χ1v) is 4.58. The van der Waals surface area contributed by atoms with E-state index in [0.717, 1.165) is 11.8 Å². The minimum Gasteiger partial charge on any atom is -0.0848 e. The molecule has 0 heterocycles. The van der Waals surface area contributed by atoms with Crippen LogP contribution in [0.5, 0.6) is 0 Å². The molecule has 0 aromatic carbocycles. The predicted octanol–water partition coefficient (Wildman–Crippen LogP) is 3.14. The molecule has 2 rings (SSSR count). The van der Waals surface area contributed by atoms with E-state index in [0.29, 0.717) is 0 Å². The summed E-state index contributed by atoms with van der Waals surface area (Å²) in [5, 5.41) is 0. The third-order valence-electron chi connectivity index (χ3n) is 3.13. The Bertz CT molecular complexity index is 155. The van der Waals surface area contributed by atoms with Gasteiger partial charge in [-0.25, -0.2) is 0 Å². The lowest BCUT2D eigenvalue weighted by Gasteiger charge is -2.18. The van der Waals surface area contributed by atoms with Crippen molar-refractivity contribution in [3.63, 3.8) is 0 Å². The maximum absolute atomic E-state index is 2.51. The average molecular weight is 136 g/mol. The Morgan fingerprint density at radius 2 is 2.20 bits per heavy atom. The van der Waals surface area contributed by atoms with E-state index in [-0.39, 0.29) is 0 Å². The highest BCUT2D eigenvalue weighted by Gasteiger charge is 2.27. The first-order chi connectivity index (χ1) is 4.88. The van der Waals surface area contributed by atoms with Crippen molar-refractivity contribution in [2.24, 2.45) is 11.8 Å². The molecule has 2 atom stereocenters. The Morgan fingerprint density at radius 1 is 1.30 bits per heavy atom. The summed E-state index contributed by atoms with van der Waals surface area (Å²) in [5.74, 6) is 1.93. The van der Waals surface area contributed by atoms with E-state index in [1.807, 2.05) is 0 Å². The Kier molecular flexibility index (Phi) is 1.55. The van der Waals surface area contributed by atoms with Gasteiger partial charge in [0, 0.05) is 0 Å². The van der Waals surface area contributed by atoms with E-state index in [2.05, 4.69) is 13.0 Å². The van der Waals surface area contributed by atoms with Gasteiger partial charge < -0.3 is 0 Å². The molecule has 2 aliphatic carbocycles. The summed E-state index contributed by atoms with van der Waals surface area (Å²) in [7, 11) is 0. The van der Waals surface area contributed by atoms with Crippen LogP contribution in [0.4, 0.5) is 0 Å². The number of allylic oxidation sites excluding steroid dienone is 2. The molecule has 0 spiro atoms. The van der Waals surface area contributed by atoms with Crippen molar-refractivity contribution >= 4 is 0 Å². The monoisotopic (exact) mass is 136 g/mol. The van der Waals surface area contributed by atoms with Crippen LogP contribution in [0.25, 0.3) is 0 Å². The minimum absolute atomic E-state index is 0.922. The summed E-state index contributed by atoms with van der Waals surface area (Å²) in [5.41, 5.74) is 1.80. The second-order valence-corrected chi connectivity index (χ2v) is 3.81. The highest BCUT2D eigenvalue weighted by atomic mass is 14.3. The van der Waals surface area contributed by atoms with Gasteiger partial charge in [-0.15, -0.1) is 0 Å². The molecule has 0 nitrogen and oxygen atoms in total. The highest BCUT2D eigenvalue weighted by Crippen LogP contribution is 2.41. The van der Waals surface area contributed by atoms with Crippen molar-refractivity contribution in [2.75, 3.05) is 0 Å². The minimum atomic E-state index is 0.922. The van der Waals surface area contributed by atoms with Gasteiger partial charge in [0.15, 0.2) is 0 Å². The largest absolute Gasteiger partial charge is 0.0848 e. The number of hydrogen-bond donors (Lipinski definition) is 0. The maximum atomic E-state index is 2.51. The molecule has 0 heteroatoms. The van der Waals surface area contributed by atoms with E-state index in [1.54, 1.807) is 5.57 Å². The van der Waals surface area contributed by atoms with Crippen molar-refractivity contribution in [3.05, 3.63) is 11.6 Å². The van der Waals surface area contributed by atoms with Crippen LogP contribution in [0.15, 0.2) is 11.6 Å². The molecule has 0 N–H and O–H groups in total. The van der Waals surface area contributed by atoms with Crippen LogP contribution in [0.1, 0.15) is 39.0 Å². The van der Waals surface area contributed by atoms with Crippen LogP contribution in [-0.4, -0.2) is 0 Å². The standard InChI is InChI=1S/C10H16/c1-8-6-7-9-4-2-3-5-10(8)9/h5,8-9H,2-4,6-7H2,1H3/t8-,9-/m0/s1. The lowest BCUT2D eigenvalue weighted by molar-refractivity contribution is 0.525. The molecule has 2 aliphatic rings. The van der Waals surface area contributed by atoms with Crippen molar-refractivity contribution < 1.29 is 0 Å². The Labute approximate surface area is 63.3 Å². The molecule has 0 aliphatic heterocycles. The van der Waals surface area contributed by atoms with Crippen molar-refractivity contribution in [2.45, 2.75) is 39.0 Å². The van der Waals surface area contributed by atoms with E-state index in [9.17, 15) is 0 Å². The van der Waals surface area contributed by atoms with Crippen molar-refractivity contribution in [1.29, 1.82) is 0 Å². The number of hydrogen-bond acceptors (Lipinski definition) is 0. The van der Waals surface area contributed by atoms with Crippen LogP contribution in [0, 0.1) is 11.8 Å². The van der Waals surface area contributed by atoms with E-state index >= 15 is 0 Å². The molecule has 1 fully saturated rings. The zero-order valence-electron chi connectivity index (χ0n) is 6.77. The molecule has 56 valence electrons. The van der Waals surface area contributed by atoms with Crippen molar-refractivity contribution in [1.82, 2.24) is 0 Å². The fraction of sp³-hybridized carbons (Fsp3) is 0.800. The molecule has 0 aromatic rings. The Balaban J connectivity index is 2.19. The van der Waals surface area contributed by atoms with Gasteiger partial charge >= 0.3 is 0 Å². The second-order valence-electron chi connectivity index (χ2n) is 3.81. The summed E-state index contributed by atoms with van der Waals surface area (Å²) in [6, 6.07) is 0. The molecule has 0 bridgehead atoms. The molecule has 10 heavy (non-hydrogen) atoms. The third kappa shape index (κ3) is 0.902. The molecule has 0 saturated heterocycles. The van der Waals surface area contributed by atoms with E-state index < -0.39 is 0 Å². The fourth-order valence-electron chi connectivity index (χ4n) is 2.50. The van der Waals surface area contributed by atoms with Crippen LogP contribution < -0.4 is 0 Å². The van der Waals surface area contributed by atoms with E-state index in [1.165, 1.54) is 32.1 Å². The summed E-state index contributed by atoms with van der Waals surface area (Å²) in [4.78, 5) is 0. The summed E-state index contributed by atoms with van der Waals surface area (Å²) < 4.78 is 0. The average Bonchev–Trinajstić information content (AvgIpc) is 2.34. The van der Waals surface area contributed by atoms with Gasteiger partial charge in [-0.05, 0) is 43.9 Å². The lowest BCUT2D eigenvalue weighted by atomic mass is 9.88. The summed E-state index contributed by atoms with van der Waals surface area (Å²) in [6.07, 6.45) is 9.72. The van der Waals surface area contributed by atoms with Gasteiger partial charge in [0.2, 0.25) is 0 Å². The smallest absolute Gasteiger partial charge is 0.0200 e. The second kappa shape index (κ2) is 2.41. The quantitative estimate of drug-likeness (QED) is 0.449. The molecular weight excluding hydrogens is 120 g/mol. The highest BCUT2D eigenvalue weighted by molar-refractivity contribution is 5.16. The Hall–Kier alpha value is -0.260. The lowest BCUT2D eigenvalue weighted by Crippen LogP contribution is -2.04. The van der Waals surface area contributed by atoms with Crippen molar-refractivity contribution in [3.8, 4) is 0 Å². The zero-order chi connectivity index (χ0) is 6.97. The van der Waals surface area contributed by atoms with Crippen LogP contribution in [0.2, 0.25) is 0 Å². The first-order valence-electron chi connectivity index (χ1n) is 4.58. The predicted molar refractivity (Wildman–Crippen MR) is 43.8 cm³/mol. The summed E-state index contributed by atoms with van der Waals surface area (Å²) >= 11 is 0. The topological polar surface area (TPSA) is 0 Å². The summed E-state index contributed by atoms with van der Waals surface area (Å²) in [6.45, 7) is 2.39. The molecule has 0 unspecified atom stereocenters. The SMILES string of the molecule is C[C@H]1CC[C@@H]2CCCC=C21. The van der Waals surface area contributed by atoms with Crippen LogP contribution >= 0.6 is 0 Å². The normalized spacial score (nSPS) is 39.1. The van der Waals surface area contributed by atoms with Gasteiger partial charge in [0.1, 0.15) is 0 Å². The molecular formula is C10H16. The molecule has 1 saturated carbocycles. The Morgan fingerprint density at radius 3 is 3.00 bits per heavy atom. The maximum Gasteiger partial charge on any atom is -0.0200 e. The third-order valence-corrected chi connectivity index (χ3v) is 3.13. The zero-order valence-corrected chi connectivity index (χ0v) is 6.77. The van der Waals surface area contributed by atoms with Gasteiger partial charge in [0.25, 0.3) is 0 Å². The van der Waals surface area contributed by atoms with E-state index in [4.69, 9.17) is 0 Å².